The summed E-state index contributed by atoms with van der Waals surface area (Å²) in [5, 5.41) is 24.2. The molecule has 0 aliphatic carbocycles. The number of nitrogens with one attached hydrogen (secondary N) is 1. The second-order valence-electron chi connectivity index (χ2n) is 9.24. The van der Waals surface area contributed by atoms with Crippen LogP contribution in [0.1, 0.15) is 31.9 Å². The van der Waals surface area contributed by atoms with E-state index in [9.17, 15) is 14.9 Å². The molecule has 3 aromatic carbocycles. The Morgan fingerprint density at radius 1 is 1.05 bits per heavy atom. The molecule has 1 heterocycles. The van der Waals surface area contributed by atoms with E-state index in [0.29, 0.717) is 16.5 Å². The highest BCUT2D eigenvalue weighted by atomic mass is 32.2. The fourth-order valence-corrected chi connectivity index (χ4v) is 4.28. The number of benzene rings is 3. The van der Waals surface area contributed by atoms with E-state index in [2.05, 4.69) is 53.6 Å². The Balaban J connectivity index is 1.50. The van der Waals surface area contributed by atoms with Crippen molar-refractivity contribution in [3.63, 3.8) is 0 Å². The number of nitro benzene ring substituents is 1. The Labute approximate surface area is 218 Å². The molecule has 0 bridgehead atoms. The van der Waals surface area contributed by atoms with Gasteiger partial charge in [0, 0.05) is 28.9 Å². The minimum absolute atomic E-state index is 0.0394. The van der Waals surface area contributed by atoms with Gasteiger partial charge in [0.05, 0.1) is 16.9 Å². The van der Waals surface area contributed by atoms with Crippen molar-refractivity contribution in [3.05, 3.63) is 100 Å². The number of nitrogens with zero attached hydrogens (tertiary/aromatic N) is 5. The maximum Gasteiger partial charge on any atom is 0.270 e. The van der Waals surface area contributed by atoms with Gasteiger partial charge >= 0.3 is 0 Å². The van der Waals surface area contributed by atoms with Crippen LogP contribution in [-0.4, -0.2) is 37.6 Å². The highest BCUT2D eigenvalue weighted by molar-refractivity contribution is 7.99. The molecule has 10 heteroatoms. The van der Waals surface area contributed by atoms with E-state index in [1.165, 1.54) is 35.7 Å². The molecule has 0 aliphatic heterocycles. The van der Waals surface area contributed by atoms with E-state index in [-0.39, 0.29) is 22.8 Å². The molecule has 0 unspecified atom stereocenters. The van der Waals surface area contributed by atoms with Crippen LogP contribution >= 0.6 is 11.8 Å². The molecule has 1 N–H and O–H groups in total. The van der Waals surface area contributed by atoms with Gasteiger partial charge in [-0.3, -0.25) is 19.5 Å². The molecule has 4 aromatic rings. The summed E-state index contributed by atoms with van der Waals surface area (Å²) in [7, 11) is 0. The van der Waals surface area contributed by atoms with Crippen LogP contribution in [0.2, 0.25) is 0 Å². The first kappa shape index (κ1) is 25.8. The minimum Gasteiger partial charge on any atom is -0.272 e. The third-order valence-corrected chi connectivity index (χ3v) is 6.40. The first-order valence-corrected chi connectivity index (χ1v) is 12.5. The van der Waals surface area contributed by atoms with Gasteiger partial charge in [0.25, 0.3) is 11.6 Å². The molecule has 0 fully saturated rings. The topological polar surface area (TPSA) is 115 Å². The lowest BCUT2D eigenvalue weighted by atomic mass is 9.87. The number of hydrogen-bond donors (Lipinski definition) is 1. The summed E-state index contributed by atoms with van der Waals surface area (Å²) >= 11 is 1.24. The number of carbonyl (C=O) groups excluding carboxylic acids is 1. The Morgan fingerprint density at radius 2 is 1.78 bits per heavy atom. The van der Waals surface area contributed by atoms with Crippen LogP contribution in [0.15, 0.2) is 89.1 Å². The molecule has 1 amide bonds. The summed E-state index contributed by atoms with van der Waals surface area (Å²) in [6, 6.07) is 24.0. The van der Waals surface area contributed by atoms with Crippen molar-refractivity contribution in [1.82, 2.24) is 20.2 Å². The average molecular weight is 515 g/mol. The lowest BCUT2D eigenvalue weighted by Gasteiger charge is -2.19. The summed E-state index contributed by atoms with van der Waals surface area (Å²) < 4.78 is 1.93. The predicted molar refractivity (Wildman–Crippen MR) is 145 cm³/mol. The molecule has 0 saturated carbocycles. The van der Waals surface area contributed by atoms with Gasteiger partial charge in [-0.15, -0.1) is 10.2 Å². The number of aromatic nitrogens is 3. The lowest BCUT2D eigenvalue weighted by molar-refractivity contribution is -0.384. The van der Waals surface area contributed by atoms with Crippen molar-refractivity contribution < 1.29 is 9.72 Å². The Bertz CT molecular complexity index is 1430. The van der Waals surface area contributed by atoms with E-state index in [4.69, 9.17) is 0 Å². The molecule has 0 radical (unpaired) electrons. The smallest absolute Gasteiger partial charge is 0.270 e. The molecule has 37 heavy (non-hydrogen) atoms. The molecule has 4 rings (SSSR count). The monoisotopic (exact) mass is 514 g/mol. The molecule has 9 nitrogen and oxygen atoms in total. The van der Waals surface area contributed by atoms with Crippen molar-refractivity contribution in [2.75, 3.05) is 5.75 Å². The number of nitro groups is 1. The second-order valence-corrected chi connectivity index (χ2v) is 10.2. The zero-order valence-corrected chi connectivity index (χ0v) is 21.5. The van der Waals surface area contributed by atoms with Crippen molar-refractivity contribution >= 4 is 29.6 Å². The molecule has 0 spiro atoms. The molecular formula is C27H26N6O3S. The quantitative estimate of drug-likeness (QED) is 0.146. The average Bonchev–Trinajstić information content (AvgIpc) is 3.32. The molecule has 0 atom stereocenters. The number of thioether (sulfide) groups is 1. The van der Waals surface area contributed by atoms with Gasteiger partial charge in [-0.25, -0.2) is 5.43 Å². The van der Waals surface area contributed by atoms with Gasteiger partial charge in [0.15, 0.2) is 11.0 Å². The summed E-state index contributed by atoms with van der Waals surface area (Å²) in [6.45, 7) is 6.51. The second kappa shape index (κ2) is 11.2. The number of carbonyl (C=O) groups is 1. The largest absolute Gasteiger partial charge is 0.272 e. The van der Waals surface area contributed by atoms with Crippen LogP contribution in [-0.2, 0) is 10.2 Å². The Morgan fingerprint density at radius 3 is 2.46 bits per heavy atom. The zero-order valence-electron chi connectivity index (χ0n) is 20.7. The number of hydrazone groups is 1. The van der Waals surface area contributed by atoms with E-state index in [1.807, 2.05) is 47.0 Å². The van der Waals surface area contributed by atoms with Gasteiger partial charge < -0.3 is 0 Å². The normalized spacial score (nSPS) is 11.5. The highest BCUT2D eigenvalue weighted by Gasteiger charge is 2.19. The number of non-ortho nitro benzene ring substituents is 1. The van der Waals surface area contributed by atoms with Crippen molar-refractivity contribution in [3.8, 4) is 17.1 Å². The van der Waals surface area contributed by atoms with Gasteiger partial charge in [-0.2, -0.15) is 5.10 Å². The third-order valence-electron chi connectivity index (χ3n) is 5.47. The van der Waals surface area contributed by atoms with Crippen LogP contribution < -0.4 is 5.43 Å². The van der Waals surface area contributed by atoms with E-state index in [1.54, 1.807) is 12.1 Å². The van der Waals surface area contributed by atoms with Crippen LogP contribution in [0, 0.1) is 10.1 Å². The first-order chi connectivity index (χ1) is 17.7. The Hall–Kier alpha value is -4.31. The van der Waals surface area contributed by atoms with Crippen LogP contribution in [0.25, 0.3) is 17.1 Å². The van der Waals surface area contributed by atoms with Gasteiger partial charge in [-0.05, 0) is 23.1 Å². The molecular weight excluding hydrogens is 488 g/mol. The molecule has 0 aliphatic rings. The fourth-order valence-electron chi connectivity index (χ4n) is 3.54. The van der Waals surface area contributed by atoms with Crippen molar-refractivity contribution in [2.24, 2.45) is 5.10 Å². The minimum atomic E-state index is -0.483. The predicted octanol–water partition coefficient (Wildman–Crippen LogP) is 5.38. The number of para-hydroxylation sites is 1. The van der Waals surface area contributed by atoms with Crippen molar-refractivity contribution in [2.45, 2.75) is 31.3 Å². The molecule has 0 saturated heterocycles. The maximum absolute atomic E-state index is 12.4. The van der Waals surface area contributed by atoms with E-state index >= 15 is 0 Å². The number of hydrogen-bond acceptors (Lipinski definition) is 7. The highest BCUT2D eigenvalue weighted by Crippen LogP contribution is 2.30. The SMILES string of the molecule is CC(C)(C)c1ccc(-c2nnc(SCC(=O)N/N=C/c3cccc([N+](=O)[O-])c3)n2-c2ccccc2)cc1. The van der Waals surface area contributed by atoms with Crippen LogP contribution in [0.3, 0.4) is 0 Å². The fraction of sp³-hybridized carbons (Fsp3) is 0.185. The van der Waals surface area contributed by atoms with Crippen molar-refractivity contribution in [1.29, 1.82) is 0 Å². The third kappa shape index (κ3) is 6.47. The zero-order chi connectivity index (χ0) is 26.4. The number of amides is 1. The van der Waals surface area contributed by atoms with E-state index < -0.39 is 4.92 Å². The number of rotatable bonds is 8. The lowest BCUT2D eigenvalue weighted by Crippen LogP contribution is -2.20. The van der Waals surface area contributed by atoms with Crippen LogP contribution in [0.5, 0.6) is 0 Å². The molecule has 1 aromatic heterocycles. The Kier molecular flexibility index (Phi) is 7.78. The van der Waals surface area contributed by atoms with Gasteiger partial charge in [0.2, 0.25) is 0 Å². The summed E-state index contributed by atoms with van der Waals surface area (Å²) in [4.78, 5) is 22.9. The van der Waals surface area contributed by atoms with Crippen LogP contribution in [0.4, 0.5) is 5.69 Å². The van der Waals surface area contributed by atoms with Gasteiger partial charge in [0.1, 0.15) is 0 Å². The van der Waals surface area contributed by atoms with E-state index in [0.717, 1.165) is 11.3 Å². The maximum atomic E-state index is 12.4. The molecule has 188 valence electrons. The first-order valence-electron chi connectivity index (χ1n) is 11.5. The summed E-state index contributed by atoms with van der Waals surface area (Å²) in [5.41, 5.74) is 5.97. The summed E-state index contributed by atoms with van der Waals surface area (Å²) in [5.74, 6) is 0.392. The standard InChI is InChI=1S/C27H26N6O3S/c1-27(2,3)21-14-12-20(13-15-21)25-30-31-26(32(25)22-9-5-4-6-10-22)37-18-24(34)29-28-17-19-8-7-11-23(16-19)33(35)36/h4-17H,18H2,1-3H3,(H,29,34)/b28-17+. The summed E-state index contributed by atoms with van der Waals surface area (Å²) in [6.07, 6.45) is 1.36. The van der Waals surface area contributed by atoms with Gasteiger partial charge in [-0.1, -0.05) is 87.1 Å².